The molecule has 104 valence electrons. The maximum Gasteiger partial charge on any atom is 0.310 e. The first kappa shape index (κ1) is 13.6. The summed E-state index contributed by atoms with van der Waals surface area (Å²) in [5.41, 5.74) is -0.855. The van der Waals surface area contributed by atoms with Crippen molar-refractivity contribution in [3.05, 3.63) is 18.2 Å². The second-order valence-corrected chi connectivity index (χ2v) is 5.20. The van der Waals surface area contributed by atoms with Gasteiger partial charge in [-0.25, -0.2) is 4.98 Å². The Morgan fingerprint density at radius 2 is 2.16 bits per heavy atom. The van der Waals surface area contributed by atoms with E-state index in [-0.39, 0.29) is 12.3 Å². The molecular weight excluding hydrogens is 246 g/mol. The largest absolute Gasteiger partial charge is 0.481 e. The average Bonchev–Trinajstić information content (AvgIpc) is 2.97. The molecule has 0 aromatic carbocycles. The minimum atomic E-state index is -0.855. The number of carbonyl (C=O) groups is 2. The predicted octanol–water partition coefficient (Wildman–Crippen LogP) is 1.07. The number of aliphatic carboxylic acids is 1. The Labute approximate surface area is 111 Å². The maximum absolute atomic E-state index is 11.9. The zero-order chi connectivity index (χ0) is 13.9. The molecule has 6 heteroatoms. The van der Waals surface area contributed by atoms with Gasteiger partial charge in [0.25, 0.3) is 0 Å². The van der Waals surface area contributed by atoms with Crippen molar-refractivity contribution >= 4 is 11.9 Å². The first-order valence-electron chi connectivity index (χ1n) is 6.50. The van der Waals surface area contributed by atoms with E-state index in [1.54, 1.807) is 12.4 Å². The molecule has 19 heavy (non-hydrogen) atoms. The van der Waals surface area contributed by atoms with Crippen molar-refractivity contribution in [1.82, 2.24) is 14.9 Å². The van der Waals surface area contributed by atoms with E-state index in [0.29, 0.717) is 19.4 Å². The number of amides is 1. The molecule has 1 saturated carbocycles. The fourth-order valence-electron chi connectivity index (χ4n) is 2.63. The van der Waals surface area contributed by atoms with Gasteiger partial charge in [-0.1, -0.05) is 12.8 Å². The van der Waals surface area contributed by atoms with Crippen LogP contribution in [0.4, 0.5) is 0 Å². The lowest BCUT2D eigenvalue weighted by molar-refractivity contribution is -0.151. The van der Waals surface area contributed by atoms with Crippen molar-refractivity contribution < 1.29 is 14.7 Å². The van der Waals surface area contributed by atoms with Crippen LogP contribution in [0.5, 0.6) is 0 Å². The van der Waals surface area contributed by atoms with E-state index in [9.17, 15) is 14.7 Å². The predicted molar refractivity (Wildman–Crippen MR) is 68.2 cm³/mol. The third-order valence-electron chi connectivity index (χ3n) is 3.88. The van der Waals surface area contributed by atoms with E-state index in [4.69, 9.17) is 0 Å². The third kappa shape index (κ3) is 2.94. The molecule has 1 aliphatic carbocycles. The normalized spacial score (nSPS) is 17.3. The summed E-state index contributed by atoms with van der Waals surface area (Å²) in [5.74, 6) is -0.311. The van der Waals surface area contributed by atoms with Crippen LogP contribution in [-0.2, 0) is 23.2 Å². The van der Waals surface area contributed by atoms with Crippen LogP contribution in [0.15, 0.2) is 12.4 Å². The molecule has 2 N–H and O–H groups in total. The van der Waals surface area contributed by atoms with Gasteiger partial charge < -0.3 is 15.0 Å². The third-order valence-corrected chi connectivity index (χ3v) is 3.88. The van der Waals surface area contributed by atoms with Gasteiger partial charge in [0.15, 0.2) is 0 Å². The van der Waals surface area contributed by atoms with Gasteiger partial charge in [0, 0.05) is 25.9 Å². The minimum absolute atomic E-state index is 0.0623. The van der Waals surface area contributed by atoms with Crippen LogP contribution in [-0.4, -0.2) is 26.5 Å². The van der Waals surface area contributed by atoms with Gasteiger partial charge in [-0.15, -0.1) is 0 Å². The molecule has 0 bridgehead atoms. The molecule has 0 saturated heterocycles. The standard InChI is InChI=1S/C13H19N3O3/c1-16-7-6-14-10(16)9-15-11(17)8-13(12(18)19)4-2-3-5-13/h6-7H,2-5,8-9H2,1H3,(H,15,17)(H,18,19). The van der Waals surface area contributed by atoms with Crippen molar-refractivity contribution in [2.24, 2.45) is 12.5 Å². The van der Waals surface area contributed by atoms with Crippen molar-refractivity contribution in [3.8, 4) is 0 Å². The number of aryl methyl sites for hydroxylation is 1. The highest BCUT2D eigenvalue weighted by molar-refractivity contribution is 5.85. The lowest BCUT2D eigenvalue weighted by Gasteiger charge is -2.22. The van der Waals surface area contributed by atoms with Crippen LogP contribution < -0.4 is 5.32 Å². The molecule has 0 spiro atoms. The van der Waals surface area contributed by atoms with Gasteiger partial charge in [0.2, 0.25) is 5.91 Å². The van der Waals surface area contributed by atoms with Crippen molar-refractivity contribution in [3.63, 3.8) is 0 Å². The SMILES string of the molecule is Cn1ccnc1CNC(=O)CC1(C(=O)O)CCCC1. The van der Waals surface area contributed by atoms with Gasteiger partial charge in [0.05, 0.1) is 12.0 Å². The fourth-order valence-corrected chi connectivity index (χ4v) is 2.63. The highest BCUT2D eigenvalue weighted by Crippen LogP contribution is 2.41. The molecule has 0 radical (unpaired) electrons. The number of hydrogen-bond acceptors (Lipinski definition) is 3. The summed E-state index contributed by atoms with van der Waals surface area (Å²) >= 11 is 0. The second-order valence-electron chi connectivity index (χ2n) is 5.20. The molecule has 1 fully saturated rings. The quantitative estimate of drug-likeness (QED) is 0.834. The number of nitrogens with zero attached hydrogens (tertiary/aromatic N) is 2. The van der Waals surface area contributed by atoms with E-state index < -0.39 is 11.4 Å². The Morgan fingerprint density at radius 1 is 1.47 bits per heavy atom. The summed E-state index contributed by atoms with van der Waals surface area (Å²) in [6.45, 7) is 0.331. The Bertz CT molecular complexity index is 475. The number of carboxylic acid groups (broad SMARTS) is 1. The van der Waals surface area contributed by atoms with Gasteiger partial charge in [0.1, 0.15) is 5.82 Å². The van der Waals surface area contributed by atoms with Crippen LogP contribution in [0.2, 0.25) is 0 Å². The highest BCUT2D eigenvalue weighted by Gasteiger charge is 2.42. The van der Waals surface area contributed by atoms with E-state index in [0.717, 1.165) is 18.7 Å². The molecule has 6 nitrogen and oxygen atoms in total. The van der Waals surface area contributed by atoms with Gasteiger partial charge >= 0.3 is 5.97 Å². The number of carboxylic acids is 1. The summed E-state index contributed by atoms with van der Waals surface area (Å²) in [5, 5.41) is 12.1. The molecule has 0 atom stereocenters. The van der Waals surface area contributed by atoms with E-state index in [1.807, 2.05) is 11.6 Å². The van der Waals surface area contributed by atoms with Crippen LogP contribution >= 0.6 is 0 Å². The number of rotatable bonds is 5. The van der Waals surface area contributed by atoms with Crippen LogP contribution in [0, 0.1) is 5.41 Å². The fraction of sp³-hybridized carbons (Fsp3) is 0.615. The summed E-state index contributed by atoms with van der Waals surface area (Å²) in [4.78, 5) is 27.4. The monoisotopic (exact) mass is 265 g/mol. The number of nitrogens with one attached hydrogen (secondary N) is 1. The van der Waals surface area contributed by atoms with Crippen molar-refractivity contribution in [2.45, 2.75) is 38.6 Å². The van der Waals surface area contributed by atoms with Crippen LogP contribution in [0.3, 0.4) is 0 Å². The number of hydrogen-bond donors (Lipinski definition) is 2. The minimum Gasteiger partial charge on any atom is -0.481 e. The zero-order valence-corrected chi connectivity index (χ0v) is 11.1. The molecular formula is C13H19N3O3. The van der Waals surface area contributed by atoms with Gasteiger partial charge in [-0.2, -0.15) is 0 Å². The summed E-state index contributed by atoms with van der Waals surface area (Å²) < 4.78 is 1.82. The maximum atomic E-state index is 11.9. The lowest BCUT2D eigenvalue weighted by Crippen LogP contribution is -2.35. The highest BCUT2D eigenvalue weighted by atomic mass is 16.4. The van der Waals surface area contributed by atoms with E-state index in [1.165, 1.54) is 0 Å². The van der Waals surface area contributed by atoms with E-state index >= 15 is 0 Å². The Morgan fingerprint density at radius 3 is 2.68 bits per heavy atom. The van der Waals surface area contributed by atoms with Crippen molar-refractivity contribution in [2.75, 3.05) is 0 Å². The average molecular weight is 265 g/mol. The molecule has 2 rings (SSSR count). The molecule has 1 heterocycles. The van der Waals surface area contributed by atoms with Gasteiger partial charge in [-0.05, 0) is 12.8 Å². The topological polar surface area (TPSA) is 84.2 Å². The zero-order valence-electron chi connectivity index (χ0n) is 11.1. The number of carbonyl (C=O) groups excluding carboxylic acids is 1. The molecule has 1 aliphatic rings. The first-order chi connectivity index (χ1) is 9.03. The van der Waals surface area contributed by atoms with Crippen molar-refractivity contribution in [1.29, 1.82) is 0 Å². The van der Waals surface area contributed by atoms with E-state index in [2.05, 4.69) is 10.3 Å². The Balaban J connectivity index is 1.90. The summed E-state index contributed by atoms with van der Waals surface area (Å²) in [7, 11) is 1.85. The second kappa shape index (κ2) is 5.42. The Kier molecular flexibility index (Phi) is 3.87. The number of aromatic nitrogens is 2. The summed E-state index contributed by atoms with van der Waals surface area (Å²) in [6.07, 6.45) is 6.50. The van der Waals surface area contributed by atoms with Crippen LogP contribution in [0.1, 0.15) is 37.9 Å². The molecule has 1 aromatic heterocycles. The van der Waals surface area contributed by atoms with Gasteiger partial charge in [-0.3, -0.25) is 9.59 Å². The first-order valence-corrected chi connectivity index (χ1v) is 6.50. The molecule has 0 aliphatic heterocycles. The smallest absolute Gasteiger partial charge is 0.310 e. The summed E-state index contributed by atoms with van der Waals surface area (Å²) in [6, 6.07) is 0. The number of imidazole rings is 1. The molecule has 0 unspecified atom stereocenters. The Hall–Kier alpha value is -1.85. The lowest BCUT2D eigenvalue weighted by atomic mass is 9.82. The molecule has 1 aromatic rings. The molecule has 1 amide bonds. The van der Waals surface area contributed by atoms with Crippen LogP contribution in [0.25, 0.3) is 0 Å².